The van der Waals surface area contributed by atoms with Crippen LogP contribution in [-0.4, -0.2) is 50.9 Å². The molecule has 0 bridgehead atoms. The van der Waals surface area contributed by atoms with Gasteiger partial charge in [-0.1, -0.05) is 6.92 Å². The first-order valence-electron chi connectivity index (χ1n) is 6.70. The molecule has 1 fully saturated rings. The maximum absolute atomic E-state index is 12.0. The maximum Gasteiger partial charge on any atom is 0.244 e. The Labute approximate surface area is 120 Å². The van der Waals surface area contributed by atoms with Crippen LogP contribution in [-0.2, 0) is 10.0 Å². The summed E-state index contributed by atoms with van der Waals surface area (Å²) in [6.07, 6.45) is 2.43. The number of aromatic nitrogens is 1. The van der Waals surface area contributed by atoms with Crippen molar-refractivity contribution in [2.24, 2.45) is 11.7 Å². The van der Waals surface area contributed by atoms with Crippen LogP contribution in [0.3, 0.4) is 0 Å². The molecule has 0 amide bonds. The Hall–Kier alpha value is -1.18. The normalized spacial score (nSPS) is 24.1. The van der Waals surface area contributed by atoms with Gasteiger partial charge >= 0.3 is 0 Å². The lowest BCUT2D eigenvalue weighted by Crippen LogP contribution is -2.46. The highest BCUT2D eigenvalue weighted by molar-refractivity contribution is 7.89. The van der Waals surface area contributed by atoms with Gasteiger partial charge in [-0.2, -0.15) is 0 Å². The summed E-state index contributed by atoms with van der Waals surface area (Å²) in [7, 11) is -0.401. The zero-order valence-corrected chi connectivity index (χ0v) is 13.0. The molecule has 1 saturated heterocycles. The summed E-state index contributed by atoms with van der Waals surface area (Å²) < 4.78 is 25.1. The summed E-state index contributed by atoms with van der Waals surface area (Å²) in [5, 5.41) is 0. The molecule has 2 heterocycles. The molecule has 0 saturated carbocycles. The van der Waals surface area contributed by atoms with Crippen molar-refractivity contribution in [3.8, 4) is 0 Å². The molecule has 1 aromatic rings. The lowest BCUT2D eigenvalue weighted by Gasteiger charge is -2.35. The lowest BCUT2D eigenvalue weighted by atomic mass is 9.97. The summed E-state index contributed by atoms with van der Waals surface area (Å²) >= 11 is 0. The Balaban J connectivity index is 2.20. The van der Waals surface area contributed by atoms with Crippen LogP contribution >= 0.6 is 0 Å². The molecule has 2 unspecified atom stereocenters. The number of rotatable bonds is 3. The average Bonchev–Trinajstić information content (AvgIpc) is 2.37. The predicted molar refractivity (Wildman–Crippen MR) is 79.1 cm³/mol. The van der Waals surface area contributed by atoms with Crippen molar-refractivity contribution in [2.45, 2.75) is 24.3 Å². The lowest BCUT2D eigenvalue weighted by molar-refractivity contribution is 0.400. The van der Waals surface area contributed by atoms with E-state index in [0.717, 1.165) is 25.3 Å². The maximum atomic E-state index is 12.0. The third kappa shape index (κ3) is 3.11. The fraction of sp³-hybridized carbons (Fsp3) is 0.615. The molecule has 1 aromatic heterocycles. The van der Waals surface area contributed by atoms with Gasteiger partial charge in [0.2, 0.25) is 10.0 Å². The monoisotopic (exact) mass is 298 g/mol. The number of nitrogens with two attached hydrogens (primary N) is 1. The Morgan fingerprint density at radius 3 is 2.55 bits per heavy atom. The Kier molecular flexibility index (Phi) is 4.31. The van der Waals surface area contributed by atoms with Crippen molar-refractivity contribution in [1.82, 2.24) is 9.29 Å². The van der Waals surface area contributed by atoms with Crippen LogP contribution < -0.4 is 10.6 Å². The zero-order chi connectivity index (χ0) is 14.9. The fourth-order valence-corrected chi connectivity index (χ4v) is 3.36. The van der Waals surface area contributed by atoms with Gasteiger partial charge < -0.3 is 10.6 Å². The molecule has 7 heteroatoms. The van der Waals surface area contributed by atoms with Gasteiger partial charge in [0.15, 0.2) is 0 Å². The average molecular weight is 298 g/mol. The minimum Gasteiger partial charge on any atom is -0.355 e. The van der Waals surface area contributed by atoms with Crippen LogP contribution in [0.15, 0.2) is 23.2 Å². The number of piperidine rings is 1. The van der Waals surface area contributed by atoms with Gasteiger partial charge in [-0.15, -0.1) is 0 Å². The molecule has 112 valence electrons. The van der Waals surface area contributed by atoms with Gasteiger partial charge in [-0.25, -0.2) is 17.7 Å². The first-order chi connectivity index (χ1) is 9.30. The Morgan fingerprint density at radius 1 is 1.35 bits per heavy atom. The van der Waals surface area contributed by atoms with Gasteiger partial charge in [-0.05, 0) is 24.5 Å². The highest BCUT2D eigenvalue weighted by atomic mass is 32.2. The summed E-state index contributed by atoms with van der Waals surface area (Å²) in [4.78, 5) is 6.61. The number of hydrogen-bond donors (Lipinski definition) is 1. The SMILES string of the molecule is CC1CC(N)CN(c2ccc(S(=O)(=O)N(C)C)cn2)C1. The van der Waals surface area contributed by atoms with Crippen molar-refractivity contribution in [3.05, 3.63) is 18.3 Å². The summed E-state index contributed by atoms with van der Waals surface area (Å²) in [6, 6.07) is 3.49. The molecule has 1 aliphatic heterocycles. The number of hydrogen-bond acceptors (Lipinski definition) is 5. The highest BCUT2D eigenvalue weighted by Crippen LogP contribution is 2.22. The van der Waals surface area contributed by atoms with Crippen LogP contribution in [0.1, 0.15) is 13.3 Å². The van der Waals surface area contributed by atoms with Crippen molar-refractivity contribution in [2.75, 3.05) is 32.1 Å². The number of nitrogens with zero attached hydrogens (tertiary/aromatic N) is 3. The highest BCUT2D eigenvalue weighted by Gasteiger charge is 2.24. The zero-order valence-electron chi connectivity index (χ0n) is 12.2. The number of pyridine rings is 1. The van der Waals surface area contributed by atoms with E-state index in [1.54, 1.807) is 12.1 Å². The molecule has 0 aromatic carbocycles. The number of anilines is 1. The molecular weight excluding hydrogens is 276 g/mol. The van der Waals surface area contributed by atoms with E-state index >= 15 is 0 Å². The molecule has 20 heavy (non-hydrogen) atoms. The van der Waals surface area contributed by atoms with Crippen LogP contribution in [0.4, 0.5) is 5.82 Å². The van der Waals surface area contributed by atoms with Crippen LogP contribution in [0.25, 0.3) is 0 Å². The van der Waals surface area contributed by atoms with Crippen molar-refractivity contribution < 1.29 is 8.42 Å². The first-order valence-corrected chi connectivity index (χ1v) is 8.14. The summed E-state index contributed by atoms with van der Waals surface area (Å²) in [6.45, 7) is 3.83. The molecule has 2 rings (SSSR count). The largest absolute Gasteiger partial charge is 0.355 e. The smallest absolute Gasteiger partial charge is 0.244 e. The molecule has 1 aliphatic rings. The van der Waals surface area contributed by atoms with E-state index in [4.69, 9.17) is 5.73 Å². The van der Waals surface area contributed by atoms with Gasteiger partial charge in [0.25, 0.3) is 0 Å². The topological polar surface area (TPSA) is 79.5 Å². The van der Waals surface area contributed by atoms with E-state index in [1.165, 1.54) is 24.6 Å². The van der Waals surface area contributed by atoms with E-state index in [0.29, 0.717) is 5.92 Å². The van der Waals surface area contributed by atoms with E-state index in [-0.39, 0.29) is 10.9 Å². The summed E-state index contributed by atoms with van der Waals surface area (Å²) in [5.74, 6) is 1.30. The van der Waals surface area contributed by atoms with Gasteiger partial charge in [0, 0.05) is 39.4 Å². The Bertz CT molecular complexity index is 546. The standard InChI is InChI=1S/C13H22N4O2S/c1-10-6-11(14)9-17(8-10)13-5-4-12(7-15-13)20(18,19)16(2)3/h4-5,7,10-11H,6,8-9,14H2,1-3H3. The number of sulfonamides is 1. The summed E-state index contributed by atoms with van der Waals surface area (Å²) in [5.41, 5.74) is 6.02. The molecule has 0 aliphatic carbocycles. The van der Waals surface area contributed by atoms with E-state index < -0.39 is 10.0 Å². The molecule has 0 spiro atoms. The van der Waals surface area contributed by atoms with Crippen molar-refractivity contribution in [3.63, 3.8) is 0 Å². The predicted octanol–water partition coefficient (Wildman–Crippen LogP) is 0.505. The third-order valence-corrected chi connectivity index (χ3v) is 5.31. The second kappa shape index (κ2) is 5.67. The van der Waals surface area contributed by atoms with Gasteiger partial charge in [0.1, 0.15) is 10.7 Å². The molecule has 2 N–H and O–H groups in total. The molecular formula is C13H22N4O2S. The molecule has 2 atom stereocenters. The van der Waals surface area contributed by atoms with Crippen LogP contribution in [0.5, 0.6) is 0 Å². The minimum absolute atomic E-state index is 0.144. The van der Waals surface area contributed by atoms with E-state index in [9.17, 15) is 8.42 Å². The molecule has 6 nitrogen and oxygen atoms in total. The van der Waals surface area contributed by atoms with Gasteiger partial charge in [0.05, 0.1) is 0 Å². The molecule has 0 radical (unpaired) electrons. The first kappa shape index (κ1) is 15.2. The van der Waals surface area contributed by atoms with E-state index in [2.05, 4.69) is 16.8 Å². The second-order valence-electron chi connectivity index (χ2n) is 5.65. The van der Waals surface area contributed by atoms with Crippen LogP contribution in [0.2, 0.25) is 0 Å². The fourth-order valence-electron chi connectivity index (χ4n) is 2.51. The third-order valence-electron chi connectivity index (χ3n) is 3.52. The van der Waals surface area contributed by atoms with E-state index in [1.807, 2.05) is 0 Å². The minimum atomic E-state index is -3.42. The quantitative estimate of drug-likeness (QED) is 0.879. The van der Waals surface area contributed by atoms with Crippen molar-refractivity contribution >= 4 is 15.8 Å². The Morgan fingerprint density at radius 2 is 2.05 bits per heavy atom. The second-order valence-corrected chi connectivity index (χ2v) is 7.80. The van der Waals surface area contributed by atoms with Crippen molar-refractivity contribution in [1.29, 1.82) is 0 Å². The van der Waals surface area contributed by atoms with Gasteiger partial charge in [-0.3, -0.25) is 0 Å². The van der Waals surface area contributed by atoms with Crippen LogP contribution in [0, 0.1) is 5.92 Å².